The first-order valence-corrected chi connectivity index (χ1v) is 14.9. The van der Waals surface area contributed by atoms with Crippen molar-refractivity contribution in [1.29, 1.82) is 0 Å². The smallest absolute Gasteiger partial charge is 0.338 e. The van der Waals surface area contributed by atoms with Crippen LogP contribution in [0.2, 0.25) is 0 Å². The van der Waals surface area contributed by atoms with E-state index in [2.05, 4.69) is 11.8 Å². The summed E-state index contributed by atoms with van der Waals surface area (Å²) in [5.41, 5.74) is -3.69. The molecular formula is C31H43NO8. The molecule has 1 spiro atoms. The molecule has 1 aromatic rings. The number of esters is 1. The van der Waals surface area contributed by atoms with E-state index < -0.39 is 58.8 Å². The summed E-state index contributed by atoms with van der Waals surface area (Å²) in [6, 6.07) is 8.59. The average Bonchev–Trinajstić information content (AvgIpc) is 3.33. The molecule has 1 aliphatic heterocycles. The van der Waals surface area contributed by atoms with Crippen LogP contribution in [0.4, 0.5) is 0 Å². The molecule has 1 saturated heterocycles. The molecular weight excluding hydrogens is 514 g/mol. The van der Waals surface area contributed by atoms with Crippen molar-refractivity contribution in [3.8, 4) is 0 Å². The molecule has 6 aliphatic rings. The van der Waals surface area contributed by atoms with Gasteiger partial charge >= 0.3 is 5.97 Å². The molecule has 0 aromatic heterocycles. The fourth-order valence-corrected chi connectivity index (χ4v) is 11.7. The van der Waals surface area contributed by atoms with E-state index in [1.165, 1.54) is 0 Å². The van der Waals surface area contributed by atoms with E-state index in [-0.39, 0.29) is 29.7 Å². The summed E-state index contributed by atoms with van der Waals surface area (Å²) in [5, 5.41) is 37.5. The van der Waals surface area contributed by atoms with Gasteiger partial charge in [0.25, 0.3) is 0 Å². The number of aliphatic hydroxyl groups is 3. The number of carbonyl (C=O) groups is 1. The summed E-state index contributed by atoms with van der Waals surface area (Å²) in [7, 11) is 5.03. The normalized spacial score (nSPS) is 52.0. The van der Waals surface area contributed by atoms with E-state index in [0.717, 1.165) is 13.0 Å². The van der Waals surface area contributed by atoms with Crippen LogP contribution in [-0.4, -0.2) is 109 Å². The molecule has 5 aliphatic carbocycles. The van der Waals surface area contributed by atoms with Gasteiger partial charge in [-0.3, -0.25) is 4.90 Å². The number of hydrogen-bond donors (Lipinski definition) is 3. The molecule has 9 heteroatoms. The van der Waals surface area contributed by atoms with E-state index in [1.54, 1.807) is 45.6 Å². The summed E-state index contributed by atoms with van der Waals surface area (Å²) < 4.78 is 25.0. The van der Waals surface area contributed by atoms with Crippen molar-refractivity contribution < 1.29 is 39.1 Å². The minimum Gasteiger partial charge on any atom is -0.454 e. The minimum absolute atomic E-state index is 0.235. The number of rotatable bonds is 7. The second kappa shape index (κ2) is 8.96. The highest BCUT2D eigenvalue weighted by molar-refractivity contribution is 5.89. The number of fused-ring (bicyclic) bond motifs is 2. The Morgan fingerprint density at radius 2 is 1.82 bits per heavy atom. The SMILES string of the molecule is CCN1CC2(COC)CCC(O)C34C1C(C(OC)C23)C1(OC(=O)c2ccccc2)CC(OC)C2CC4(O)C1C2O. The van der Waals surface area contributed by atoms with Crippen molar-refractivity contribution in [2.45, 2.75) is 74.3 Å². The van der Waals surface area contributed by atoms with E-state index >= 15 is 0 Å². The molecule has 0 amide bonds. The van der Waals surface area contributed by atoms with E-state index in [4.69, 9.17) is 18.9 Å². The van der Waals surface area contributed by atoms with E-state index in [0.29, 0.717) is 31.6 Å². The fourth-order valence-electron chi connectivity index (χ4n) is 11.7. The highest BCUT2D eigenvalue weighted by Gasteiger charge is 2.91. The Kier molecular flexibility index (Phi) is 6.10. The zero-order valence-electron chi connectivity index (χ0n) is 23.9. The Morgan fingerprint density at radius 3 is 2.48 bits per heavy atom. The molecule has 7 bridgehead atoms. The number of ether oxygens (including phenoxy) is 4. The molecule has 0 radical (unpaired) electrons. The van der Waals surface area contributed by atoms with Crippen molar-refractivity contribution >= 4 is 5.97 Å². The summed E-state index contributed by atoms with van der Waals surface area (Å²) in [6.07, 6.45) is -0.690. The van der Waals surface area contributed by atoms with Crippen LogP contribution in [0, 0.1) is 34.5 Å². The summed E-state index contributed by atoms with van der Waals surface area (Å²) in [4.78, 5) is 16.3. The van der Waals surface area contributed by atoms with E-state index in [9.17, 15) is 20.1 Å². The number of methoxy groups -OCH3 is 3. The lowest BCUT2D eigenvalue weighted by Gasteiger charge is -2.71. The van der Waals surface area contributed by atoms with Crippen LogP contribution in [0.15, 0.2) is 30.3 Å². The van der Waals surface area contributed by atoms with Gasteiger partial charge in [0, 0.05) is 68.9 Å². The van der Waals surface area contributed by atoms with Gasteiger partial charge in [-0.1, -0.05) is 25.1 Å². The van der Waals surface area contributed by atoms with Crippen LogP contribution < -0.4 is 0 Å². The molecule has 3 N–H and O–H groups in total. The maximum absolute atomic E-state index is 13.9. The Bertz CT molecular complexity index is 1170. The maximum atomic E-state index is 13.9. The van der Waals surface area contributed by atoms with Crippen LogP contribution in [0.1, 0.15) is 43.0 Å². The summed E-state index contributed by atoms with van der Waals surface area (Å²) in [6.45, 7) is 4.04. The van der Waals surface area contributed by atoms with Crippen molar-refractivity contribution in [3.05, 3.63) is 35.9 Å². The Hall–Kier alpha value is -1.59. The van der Waals surface area contributed by atoms with Gasteiger partial charge in [-0.15, -0.1) is 0 Å². The first kappa shape index (κ1) is 27.3. The number of aliphatic hydroxyl groups excluding tert-OH is 2. The molecule has 5 saturated carbocycles. The monoisotopic (exact) mass is 557 g/mol. The topological polar surface area (TPSA) is 118 Å². The third-order valence-corrected chi connectivity index (χ3v) is 12.4. The third kappa shape index (κ3) is 2.90. The molecule has 13 atom stereocenters. The molecule has 1 heterocycles. The lowest BCUT2D eigenvalue weighted by molar-refractivity contribution is -0.324. The largest absolute Gasteiger partial charge is 0.454 e. The lowest BCUT2D eigenvalue weighted by atomic mass is 9.41. The zero-order valence-corrected chi connectivity index (χ0v) is 23.9. The highest BCUT2D eigenvalue weighted by Crippen LogP contribution is 2.80. The quantitative estimate of drug-likeness (QED) is 0.429. The number of carbonyl (C=O) groups excluding carboxylic acids is 1. The van der Waals surface area contributed by atoms with Gasteiger partial charge in [0.2, 0.25) is 0 Å². The highest BCUT2D eigenvalue weighted by atomic mass is 16.6. The molecule has 9 nitrogen and oxygen atoms in total. The van der Waals surface area contributed by atoms with Crippen molar-refractivity contribution in [2.75, 3.05) is 41.0 Å². The Balaban J connectivity index is 1.51. The molecule has 7 rings (SSSR count). The van der Waals surface area contributed by atoms with Gasteiger partial charge in [-0.2, -0.15) is 0 Å². The minimum atomic E-state index is -1.51. The number of nitrogens with zero attached hydrogens (tertiary/aromatic N) is 1. The number of benzene rings is 1. The average molecular weight is 558 g/mol. The van der Waals surface area contributed by atoms with Crippen LogP contribution in [0.3, 0.4) is 0 Å². The Morgan fingerprint density at radius 1 is 1.07 bits per heavy atom. The van der Waals surface area contributed by atoms with Gasteiger partial charge < -0.3 is 34.3 Å². The fraction of sp³-hybridized carbons (Fsp3) is 0.774. The van der Waals surface area contributed by atoms with E-state index in [1.807, 2.05) is 6.07 Å². The van der Waals surface area contributed by atoms with Crippen LogP contribution in [-0.2, 0) is 18.9 Å². The molecule has 6 fully saturated rings. The van der Waals surface area contributed by atoms with Gasteiger partial charge in [0.1, 0.15) is 5.60 Å². The van der Waals surface area contributed by atoms with Crippen LogP contribution in [0.25, 0.3) is 0 Å². The second-order valence-corrected chi connectivity index (χ2v) is 13.4. The summed E-state index contributed by atoms with van der Waals surface area (Å²) >= 11 is 0. The van der Waals surface area contributed by atoms with Crippen molar-refractivity contribution in [1.82, 2.24) is 4.90 Å². The molecule has 40 heavy (non-hydrogen) atoms. The van der Waals surface area contributed by atoms with Crippen molar-refractivity contribution in [3.63, 3.8) is 0 Å². The standard InChI is InChI=1S/C31H43NO8/c1-5-32-15-28(16-37-2)12-11-20(33)31-25(28)23(39-4)21(26(31)32)29(40-27(35)17-9-7-6-8-10-17)14-19(38-3)18-13-30(31,36)24(29)22(18)34/h6-10,18-26,33-34,36H,5,11-16H2,1-4H3. The zero-order chi connectivity index (χ0) is 28.2. The van der Waals surface area contributed by atoms with Crippen LogP contribution >= 0.6 is 0 Å². The lowest BCUT2D eigenvalue weighted by Crippen LogP contribution is -2.82. The van der Waals surface area contributed by atoms with Gasteiger partial charge in [0.15, 0.2) is 0 Å². The molecule has 13 unspecified atom stereocenters. The maximum Gasteiger partial charge on any atom is 0.338 e. The van der Waals surface area contributed by atoms with Crippen molar-refractivity contribution in [2.24, 2.45) is 34.5 Å². The van der Waals surface area contributed by atoms with Gasteiger partial charge in [-0.05, 0) is 37.9 Å². The van der Waals surface area contributed by atoms with Gasteiger partial charge in [0.05, 0.1) is 48.1 Å². The second-order valence-electron chi connectivity index (χ2n) is 13.4. The molecule has 1 aromatic carbocycles. The number of hydrogen-bond acceptors (Lipinski definition) is 9. The predicted molar refractivity (Wildman–Crippen MR) is 143 cm³/mol. The third-order valence-electron chi connectivity index (χ3n) is 12.4. The van der Waals surface area contributed by atoms with Gasteiger partial charge in [-0.25, -0.2) is 4.79 Å². The summed E-state index contributed by atoms with van der Waals surface area (Å²) in [5.74, 6) is -2.22. The number of piperidine rings is 1. The Labute approximate surface area is 235 Å². The predicted octanol–water partition coefficient (Wildman–Crippen LogP) is 1.48. The molecule has 220 valence electrons. The first-order chi connectivity index (χ1) is 19.2. The number of likely N-dealkylation sites (tertiary alicyclic amines) is 1. The van der Waals surface area contributed by atoms with Crippen LogP contribution in [0.5, 0.6) is 0 Å². The first-order valence-electron chi connectivity index (χ1n) is 14.9.